The van der Waals surface area contributed by atoms with Gasteiger partial charge in [-0.2, -0.15) is 13.2 Å². The van der Waals surface area contributed by atoms with Crippen LogP contribution in [0.1, 0.15) is 33.3 Å². The molecule has 0 saturated carbocycles. The molecule has 1 aliphatic rings. The Balaban J connectivity index is 2.34. The molecule has 1 aromatic rings. The van der Waals surface area contributed by atoms with Gasteiger partial charge in [0.05, 0.1) is 11.2 Å². The summed E-state index contributed by atoms with van der Waals surface area (Å²) in [7, 11) is -0.894. The van der Waals surface area contributed by atoms with Gasteiger partial charge < -0.3 is 14.3 Å². The van der Waals surface area contributed by atoms with Crippen LogP contribution in [0, 0.1) is 0 Å². The summed E-state index contributed by atoms with van der Waals surface area (Å²) < 4.78 is 48.9. The second-order valence-corrected chi connectivity index (χ2v) is 5.75. The minimum absolute atomic E-state index is 0.168. The highest BCUT2D eigenvalue weighted by molar-refractivity contribution is 6.61. The second-order valence-electron chi connectivity index (χ2n) is 5.75. The minimum atomic E-state index is -4.68. The maximum Gasteiger partial charge on any atom is 0.512 e. The van der Waals surface area contributed by atoms with E-state index in [1.807, 2.05) is 27.7 Å². The highest BCUT2D eigenvalue weighted by atomic mass is 19.4. The average molecular weight is 289 g/mol. The van der Waals surface area contributed by atoms with E-state index in [4.69, 9.17) is 9.31 Å². The standard InChI is InChI=1S/C12H15BF3NO3/c1-10(2)11(3,4)20-13(19-10)9-5-8(18)7(6-17-9)12(14,15)16/h5-6H,1-4H3,(H,17,18). The van der Waals surface area contributed by atoms with Crippen LogP contribution in [0.25, 0.3) is 0 Å². The Kier molecular flexibility index (Phi) is 3.30. The van der Waals surface area contributed by atoms with Crippen LogP contribution in [0.15, 0.2) is 17.1 Å². The zero-order valence-electron chi connectivity index (χ0n) is 11.6. The van der Waals surface area contributed by atoms with E-state index in [0.717, 1.165) is 6.07 Å². The van der Waals surface area contributed by atoms with Crippen LogP contribution in [0.5, 0.6) is 0 Å². The number of aromatic nitrogens is 1. The highest BCUT2D eigenvalue weighted by Gasteiger charge is 2.52. The third-order valence-electron chi connectivity index (χ3n) is 3.75. The van der Waals surface area contributed by atoms with Crippen molar-refractivity contribution in [2.75, 3.05) is 0 Å². The molecule has 0 bridgehead atoms. The topological polar surface area (TPSA) is 51.3 Å². The molecular weight excluding hydrogens is 274 g/mol. The van der Waals surface area contributed by atoms with Crippen molar-refractivity contribution in [1.82, 2.24) is 4.98 Å². The molecule has 1 saturated heterocycles. The molecule has 2 heterocycles. The molecule has 1 aromatic heterocycles. The molecule has 20 heavy (non-hydrogen) atoms. The molecule has 0 radical (unpaired) electrons. The smallest absolute Gasteiger partial charge is 0.398 e. The van der Waals surface area contributed by atoms with Crippen molar-refractivity contribution in [3.8, 4) is 0 Å². The molecule has 4 nitrogen and oxygen atoms in total. The molecule has 110 valence electrons. The van der Waals surface area contributed by atoms with Gasteiger partial charge in [-0.25, -0.2) is 0 Å². The van der Waals surface area contributed by atoms with Crippen LogP contribution in [-0.2, 0) is 15.5 Å². The Morgan fingerprint density at radius 2 is 1.65 bits per heavy atom. The summed E-state index contributed by atoms with van der Waals surface area (Å²) in [6.07, 6.45) is -4.04. The van der Waals surface area contributed by atoms with Gasteiger partial charge in [-0.15, -0.1) is 0 Å². The van der Waals surface area contributed by atoms with Gasteiger partial charge in [-0.3, -0.25) is 4.79 Å². The lowest BCUT2D eigenvalue weighted by molar-refractivity contribution is -0.138. The van der Waals surface area contributed by atoms with E-state index >= 15 is 0 Å². The highest BCUT2D eigenvalue weighted by Crippen LogP contribution is 2.36. The zero-order valence-corrected chi connectivity index (χ0v) is 11.6. The predicted molar refractivity (Wildman–Crippen MR) is 67.8 cm³/mol. The van der Waals surface area contributed by atoms with Crippen molar-refractivity contribution in [3.05, 3.63) is 28.0 Å². The third kappa shape index (κ3) is 2.49. The molecule has 0 spiro atoms. The molecule has 2 rings (SSSR count). The van der Waals surface area contributed by atoms with E-state index in [-0.39, 0.29) is 5.59 Å². The van der Waals surface area contributed by atoms with Gasteiger partial charge in [0.1, 0.15) is 5.56 Å². The number of nitrogens with one attached hydrogen (secondary N) is 1. The number of aromatic amines is 1. The summed E-state index contributed by atoms with van der Waals surface area (Å²) in [6, 6.07) is 0.866. The van der Waals surface area contributed by atoms with E-state index in [9.17, 15) is 18.0 Å². The lowest BCUT2D eigenvalue weighted by atomic mass is 9.84. The van der Waals surface area contributed by atoms with Gasteiger partial charge in [0, 0.05) is 17.9 Å². The maximum absolute atomic E-state index is 12.5. The first-order chi connectivity index (χ1) is 8.94. The van der Waals surface area contributed by atoms with Crippen molar-refractivity contribution in [2.24, 2.45) is 0 Å². The maximum atomic E-state index is 12.5. The van der Waals surface area contributed by atoms with Gasteiger partial charge in [0.15, 0.2) is 5.43 Å². The molecule has 0 unspecified atom stereocenters. The van der Waals surface area contributed by atoms with Gasteiger partial charge in [0.2, 0.25) is 0 Å². The number of halogens is 3. The fraction of sp³-hybridized carbons (Fsp3) is 0.583. The second kappa shape index (κ2) is 4.36. The lowest BCUT2D eigenvalue weighted by Gasteiger charge is -2.32. The van der Waals surface area contributed by atoms with Crippen LogP contribution in [-0.4, -0.2) is 23.3 Å². The van der Waals surface area contributed by atoms with Crippen molar-refractivity contribution >= 4 is 12.7 Å². The van der Waals surface area contributed by atoms with Crippen LogP contribution < -0.4 is 11.0 Å². The van der Waals surface area contributed by atoms with E-state index < -0.39 is 35.5 Å². The number of hydrogen-bond donors (Lipinski definition) is 1. The Bertz CT molecular complexity index is 564. The number of pyridine rings is 1. The quantitative estimate of drug-likeness (QED) is 0.800. The van der Waals surface area contributed by atoms with Gasteiger partial charge in [-0.1, -0.05) is 0 Å². The van der Waals surface area contributed by atoms with E-state index in [0.29, 0.717) is 6.20 Å². The molecule has 0 aliphatic carbocycles. The Morgan fingerprint density at radius 1 is 1.15 bits per heavy atom. The van der Waals surface area contributed by atoms with Crippen LogP contribution in [0.4, 0.5) is 13.2 Å². The fourth-order valence-electron chi connectivity index (χ4n) is 1.81. The zero-order chi connectivity index (χ0) is 15.3. The Hall–Kier alpha value is -1.28. The lowest BCUT2D eigenvalue weighted by Crippen LogP contribution is -2.41. The van der Waals surface area contributed by atoms with Crippen molar-refractivity contribution in [1.29, 1.82) is 0 Å². The summed E-state index contributed by atoms with van der Waals surface area (Å²) in [5.74, 6) is 0. The van der Waals surface area contributed by atoms with Gasteiger partial charge in [-0.05, 0) is 27.7 Å². The molecular formula is C12H15BF3NO3. The normalized spacial score (nSPS) is 21.2. The number of H-pyrrole nitrogens is 1. The minimum Gasteiger partial charge on any atom is -0.398 e. The average Bonchev–Trinajstić information content (AvgIpc) is 2.46. The fourth-order valence-corrected chi connectivity index (χ4v) is 1.81. The third-order valence-corrected chi connectivity index (χ3v) is 3.75. The van der Waals surface area contributed by atoms with Crippen LogP contribution >= 0.6 is 0 Å². The first kappa shape index (κ1) is 15.1. The number of hydrogen-bond acceptors (Lipinski definition) is 3. The first-order valence-corrected chi connectivity index (χ1v) is 6.09. The molecule has 8 heteroatoms. The van der Waals surface area contributed by atoms with E-state index in [1.54, 1.807) is 0 Å². The summed E-state index contributed by atoms with van der Waals surface area (Å²) in [5.41, 5.74) is -3.44. The van der Waals surface area contributed by atoms with E-state index in [2.05, 4.69) is 4.98 Å². The van der Waals surface area contributed by atoms with Crippen LogP contribution in [0.3, 0.4) is 0 Å². The SMILES string of the molecule is CC1(C)OB(c2cc(=O)c(C(F)(F)F)c[nH]2)OC1(C)C. The monoisotopic (exact) mass is 289 g/mol. The summed E-state index contributed by atoms with van der Waals surface area (Å²) in [5, 5.41) is 0. The van der Waals surface area contributed by atoms with Gasteiger partial charge in [0.25, 0.3) is 0 Å². The van der Waals surface area contributed by atoms with E-state index in [1.165, 1.54) is 0 Å². The molecule has 0 amide bonds. The number of alkyl halides is 3. The Morgan fingerprint density at radius 3 is 2.05 bits per heavy atom. The molecule has 1 fully saturated rings. The first-order valence-electron chi connectivity index (χ1n) is 6.09. The Labute approximate surface area is 114 Å². The van der Waals surface area contributed by atoms with Crippen molar-refractivity contribution in [3.63, 3.8) is 0 Å². The molecule has 0 aromatic carbocycles. The van der Waals surface area contributed by atoms with Crippen molar-refractivity contribution in [2.45, 2.75) is 45.1 Å². The summed E-state index contributed by atoms with van der Waals surface area (Å²) in [4.78, 5) is 13.9. The van der Waals surface area contributed by atoms with Crippen LogP contribution in [0.2, 0.25) is 0 Å². The van der Waals surface area contributed by atoms with Crippen molar-refractivity contribution < 1.29 is 22.5 Å². The largest absolute Gasteiger partial charge is 0.512 e. The molecule has 1 aliphatic heterocycles. The molecule has 0 atom stereocenters. The number of rotatable bonds is 1. The molecule has 1 N–H and O–H groups in total. The summed E-state index contributed by atoms with van der Waals surface area (Å²) in [6.45, 7) is 7.26. The van der Waals surface area contributed by atoms with Gasteiger partial charge >= 0.3 is 13.3 Å². The summed E-state index contributed by atoms with van der Waals surface area (Å²) >= 11 is 0. The predicted octanol–water partition coefficient (Wildman–Crippen LogP) is 1.69.